The molecule has 0 unspecified atom stereocenters. The Hall–Kier alpha value is -2.31. The Morgan fingerprint density at radius 1 is 1.21 bits per heavy atom. The topological polar surface area (TPSA) is 50.1 Å². The van der Waals surface area contributed by atoms with E-state index in [4.69, 9.17) is 21.6 Å². The summed E-state index contributed by atoms with van der Waals surface area (Å²) in [5, 5.41) is 9.53. The molecule has 0 aliphatic heterocycles. The van der Waals surface area contributed by atoms with Gasteiger partial charge in [0, 0.05) is 5.56 Å². The van der Waals surface area contributed by atoms with Gasteiger partial charge in [0.05, 0.1) is 10.6 Å². The van der Waals surface area contributed by atoms with E-state index in [9.17, 15) is 4.79 Å². The maximum Gasteiger partial charge on any atom is 0.150 e. The third-order valence-corrected chi connectivity index (χ3v) is 2.88. The lowest BCUT2D eigenvalue weighted by molar-refractivity contribution is 0.112. The number of nitriles is 1. The van der Waals surface area contributed by atoms with E-state index in [2.05, 4.69) is 0 Å². The van der Waals surface area contributed by atoms with E-state index in [0.717, 1.165) is 5.56 Å². The number of aldehydes is 1. The molecule has 4 heteroatoms. The van der Waals surface area contributed by atoms with Crippen LogP contribution in [0.4, 0.5) is 0 Å². The molecule has 2 aromatic carbocycles. The summed E-state index contributed by atoms with van der Waals surface area (Å²) in [6.45, 7) is 1.92. The summed E-state index contributed by atoms with van der Waals surface area (Å²) in [4.78, 5) is 10.7. The van der Waals surface area contributed by atoms with Crippen molar-refractivity contribution in [3.63, 3.8) is 0 Å². The second kappa shape index (κ2) is 5.55. The van der Waals surface area contributed by atoms with Crippen molar-refractivity contribution in [1.29, 1.82) is 5.26 Å². The van der Waals surface area contributed by atoms with E-state index >= 15 is 0 Å². The molecule has 0 amide bonds. The van der Waals surface area contributed by atoms with Gasteiger partial charge in [-0.2, -0.15) is 5.26 Å². The van der Waals surface area contributed by atoms with Crippen molar-refractivity contribution in [2.45, 2.75) is 6.92 Å². The Morgan fingerprint density at radius 2 is 2.00 bits per heavy atom. The van der Waals surface area contributed by atoms with Gasteiger partial charge < -0.3 is 4.74 Å². The SMILES string of the molecule is Cc1ccc(Cl)c(Oc2ccc(C=O)cc2C#N)c1. The fraction of sp³-hybridized carbons (Fsp3) is 0.0667. The van der Waals surface area contributed by atoms with Crippen molar-refractivity contribution in [3.05, 3.63) is 58.1 Å². The second-order valence-electron chi connectivity index (χ2n) is 4.02. The summed E-state index contributed by atoms with van der Waals surface area (Å²) in [6.07, 6.45) is 0.685. The first-order valence-electron chi connectivity index (χ1n) is 5.57. The predicted molar refractivity (Wildman–Crippen MR) is 72.8 cm³/mol. The molecule has 0 aromatic heterocycles. The van der Waals surface area contributed by atoms with Crippen molar-refractivity contribution >= 4 is 17.9 Å². The van der Waals surface area contributed by atoms with Gasteiger partial charge in [0.2, 0.25) is 0 Å². The zero-order chi connectivity index (χ0) is 13.8. The normalized spacial score (nSPS) is 9.74. The van der Waals surface area contributed by atoms with Crippen LogP contribution in [-0.4, -0.2) is 6.29 Å². The number of benzene rings is 2. The summed E-state index contributed by atoms with van der Waals surface area (Å²) in [6, 6.07) is 12.0. The van der Waals surface area contributed by atoms with Gasteiger partial charge in [0.25, 0.3) is 0 Å². The van der Waals surface area contributed by atoms with Gasteiger partial charge in [-0.15, -0.1) is 0 Å². The highest BCUT2D eigenvalue weighted by atomic mass is 35.5. The maximum absolute atomic E-state index is 10.7. The van der Waals surface area contributed by atoms with Crippen LogP contribution in [0.2, 0.25) is 5.02 Å². The van der Waals surface area contributed by atoms with Crippen LogP contribution >= 0.6 is 11.6 Å². The highest BCUT2D eigenvalue weighted by molar-refractivity contribution is 6.32. The predicted octanol–water partition coefficient (Wildman–Crippen LogP) is 4.12. The molecule has 0 fully saturated rings. The average molecular weight is 272 g/mol. The molecule has 0 spiro atoms. The van der Waals surface area contributed by atoms with Gasteiger partial charge in [-0.1, -0.05) is 17.7 Å². The highest BCUT2D eigenvalue weighted by Crippen LogP contribution is 2.32. The first-order chi connectivity index (χ1) is 9.13. The number of rotatable bonds is 3. The Labute approximate surface area is 116 Å². The molecule has 0 atom stereocenters. The molecule has 0 aliphatic carbocycles. The minimum Gasteiger partial charge on any atom is -0.454 e. The van der Waals surface area contributed by atoms with Crippen LogP contribution < -0.4 is 4.74 Å². The van der Waals surface area contributed by atoms with Gasteiger partial charge in [-0.3, -0.25) is 4.79 Å². The number of carbonyl (C=O) groups is 1. The number of hydrogen-bond acceptors (Lipinski definition) is 3. The van der Waals surface area contributed by atoms with Crippen LogP contribution in [0, 0.1) is 18.3 Å². The largest absolute Gasteiger partial charge is 0.454 e. The molecular formula is C15H10ClNO2. The van der Waals surface area contributed by atoms with Gasteiger partial charge in [0.15, 0.2) is 0 Å². The lowest BCUT2D eigenvalue weighted by atomic mass is 10.1. The fourth-order valence-corrected chi connectivity index (χ4v) is 1.76. The molecule has 0 saturated heterocycles. The molecular weight excluding hydrogens is 262 g/mol. The van der Waals surface area contributed by atoms with Crippen molar-refractivity contribution in [1.82, 2.24) is 0 Å². The molecule has 0 saturated carbocycles. The standard InChI is InChI=1S/C15H10ClNO2/c1-10-2-4-13(16)15(6-10)19-14-5-3-11(9-18)7-12(14)8-17/h2-7,9H,1H3. The second-order valence-corrected chi connectivity index (χ2v) is 4.43. The molecule has 0 aliphatic rings. The summed E-state index contributed by atoms with van der Waals surface area (Å²) >= 11 is 6.04. The van der Waals surface area contributed by atoms with Crippen LogP contribution in [-0.2, 0) is 0 Å². The monoisotopic (exact) mass is 271 g/mol. The Balaban J connectivity index is 2.41. The number of halogens is 1. The number of ether oxygens (including phenoxy) is 1. The zero-order valence-corrected chi connectivity index (χ0v) is 10.9. The summed E-state index contributed by atoms with van der Waals surface area (Å²) in [5.41, 5.74) is 1.73. The molecule has 19 heavy (non-hydrogen) atoms. The van der Waals surface area contributed by atoms with Crippen LogP contribution in [0.1, 0.15) is 21.5 Å². The average Bonchev–Trinajstić information content (AvgIpc) is 2.43. The Kier molecular flexibility index (Phi) is 3.84. The minimum atomic E-state index is 0.294. The molecule has 0 radical (unpaired) electrons. The molecule has 2 rings (SSSR count). The molecule has 0 N–H and O–H groups in total. The minimum absolute atomic E-state index is 0.294. The van der Waals surface area contributed by atoms with Crippen LogP contribution in [0.25, 0.3) is 0 Å². The van der Waals surface area contributed by atoms with Gasteiger partial charge in [0.1, 0.15) is 23.9 Å². The van der Waals surface area contributed by atoms with Crippen molar-refractivity contribution in [2.24, 2.45) is 0 Å². The van der Waals surface area contributed by atoms with E-state index in [-0.39, 0.29) is 0 Å². The number of aryl methyl sites for hydroxylation is 1. The smallest absolute Gasteiger partial charge is 0.150 e. The van der Waals surface area contributed by atoms with Gasteiger partial charge in [-0.05, 0) is 42.8 Å². The first-order valence-corrected chi connectivity index (χ1v) is 5.95. The fourth-order valence-electron chi connectivity index (χ4n) is 1.60. The van der Waals surface area contributed by atoms with Crippen molar-refractivity contribution < 1.29 is 9.53 Å². The van der Waals surface area contributed by atoms with Crippen molar-refractivity contribution in [2.75, 3.05) is 0 Å². The Morgan fingerprint density at radius 3 is 2.68 bits per heavy atom. The van der Waals surface area contributed by atoms with E-state index in [1.165, 1.54) is 6.07 Å². The lowest BCUT2D eigenvalue weighted by Crippen LogP contribution is -1.91. The lowest BCUT2D eigenvalue weighted by Gasteiger charge is -2.10. The number of carbonyl (C=O) groups excluding carboxylic acids is 1. The van der Waals surface area contributed by atoms with Gasteiger partial charge >= 0.3 is 0 Å². The van der Waals surface area contributed by atoms with Crippen LogP contribution in [0.15, 0.2) is 36.4 Å². The molecule has 2 aromatic rings. The highest BCUT2D eigenvalue weighted by Gasteiger charge is 2.08. The quantitative estimate of drug-likeness (QED) is 0.789. The van der Waals surface area contributed by atoms with E-state index in [1.54, 1.807) is 24.3 Å². The third kappa shape index (κ3) is 2.93. The molecule has 0 heterocycles. The van der Waals surface area contributed by atoms with Crippen LogP contribution in [0.5, 0.6) is 11.5 Å². The first kappa shape index (κ1) is 13.1. The maximum atomic E-state index is 10.7. The molecule has 3 nitrogen and oxygen atoms in total. The summed E-state index contributed by atoms with van der Waals surface area (Å²) in [5.74, 6) is 0.859. The zero-order valence-electron chi connectivity index (χ0n) is 10.2. The van der Waals surface area contributed by atoms with Gasteiger partial charge in [-0.25, -0.2) is 0 Å². The van der Waals surface area contributed by atoms with E-state index < -0.39 is 0 Å². The Bertz CT molecular complexity index is 674. The number of nitrogens with zero attached hydrogens (tertiary/aromatic N) is 1. The van der Waals surface area contributed by atoms with Crippen LogP contribution in [0.3, 0.4) is 0 Å². The van der Waals surface area contributed by atoms with Crippen molar-refractivity contribution in [3.8, 4) is 17.6 Å². The number of hydrogen-bond donors (Lipinski definition) is 0. The van der Waals surface area contributed by atoms with E-state index in [1.807, 2.05) is 19.1 Å². The third-order valence-electron chi connectivity index (χ3n) is 2.57. The summed E-state index contributed by atoms with van der Waals surface area (Å²) < 4.78 is 5.64. The summed E-state index contributed by atoms with van der Waals surface area (Å²) in [7, 11) is 0. The molecule has 0 bridgehead atoms. The van der Waals surface area contributed by atoms with E-state index in [0.29, 0.717) is 33.9 Å². The molecule has 94 valence electrons.